The van der Waals surface area contributed by atoms with Crippen molar-refractivity contribution in [1.29, 1.82) is 0 Å². The van der Waals surface area contributed by atoms with Crippen LogP contribution in [0, 0.1) is 5.92 Å². The molecule has 0 bridgehead atoms. The summed E-state index contributed by atoms with van der Waals surface area (Å²) in [5.74, 6) is 1.64. The van der Waals surface area contributed by atoms with Gasteiger partial charge in [0.15, 0.2) is 0 Å². The Labute approximate surface area is 143 Å². The maximum atomic E-state index is 6.06. The summed E-state index contributed by atoms with van der Waals surface area (Å²) in [6.45, 7) is 3.69. The smallest absolute Gasteiger partial charge is 0.212 e. The van der Waals surface area contributed by atoms with Crippen LogP contribution in [0.2, 0.25) is 5.02 Å². The lowest BCUT2D eigenvalue weighted by Gasteiger charge is -2.13. The fraction of sp³-hybridized carbons (Fsp3) is 0.526. The largest absolute Gasteiger partial charge is 0.473 e. The van der Waals surface area contributed by atoms with Crippen LogP contribution < -0.4 is 4.74 Å². The second-order valence-corrected chi connectivity index (χ2v) is 6.91. The first kappa shape index (κ1) is 16.4. The van der Waals surface area contributed by atoms with Gasteiger partial charge >= 0.3 is 0 Å². The molecule has 4 heteroatoms. The van der Waals surface area contributed by atoms with Gasteiger partial charge in [-0.3, -0.25) is 0 Å². The zero-order valence-corrected chi connectivity index (χ0v) is 14.6. The predicted octanol–water partition coefficient (Wildman–Crippen LogP) is 5.26. The topological polar surface area (TPSA) is 27.1 Å². The Morgan fingerprint density at radius 3 is 2.83 bits per heavy atom. The average molecular weight is 333 g/mol. The number of hydrogen-bond acceptors (Lipinski definition) is 2. The standard InChI is InChI=1S/C19H25ClN2O/c1-2-6-18-12-19(22(21-18)13-15-7-3-4-8-15)23-14-16-9-5-10-17(20)11-16/h5,9-12,15H,2-4,6-8,13-14H2,1H3. The van der Waals surface area contributed by atoms with E-state index in [0.717, 1.165) is 47.5 Å². The summed E-state index contributed by atoms with van der Waals surface area (Å²) in [5.41, 5.74) is 2.22. The third-order valence-corrected chi connectivity index (χ3v) is 4.72. The molecule has 2 aromatic rings. The predicted molar refractivity (Wildman–Crippen MR) is 94.0 cm³/mol. The van der Waals surface area contributed by atoms with Gasteiger partial charge in [0.2, 0.25) is 5.88 Å². The Morgan fingerprint density at radius 1 is 1.26 bits per heavy atom. The maximum Gasteiger partial charge on any atom is 0.212 e. The number of rotatable bonds is 7. The Hall–Kier alpha value is -1.48. The zero-order valence-electron chi connectivity index (χ0n) is 13.8. The highest BCUT2D eigenvalue weighted by molar-refractivity contribution is 6.30. The molecule has 1 aromatic carbocycles. The lowest BCUT2D eigenvalue weighted by atomic mass is 10.1. The van der Waals surface area contributed by atoms with Crippen molar-refractivity contribution in [2.75, 3.05) is 0 Å². The fourth-order valence-corrected chi connectivity index (χ4v) is 3.51. The third-order valence-electron chi connectivity index (χ3n) is 4.48. The van der Waals surface area contributed by atoms with Gasteiger partial charge in [0.05, 0.1) is 5.69 Å². The molecule has 3 nitrogen and oxygen atoms in total. The monoisotopic (exact) mass is 332 g/mol. The normalized spacial score (nSPS) is 15.2. The molecular formula is C19H25ClN2O. The van der Waals surface area contributed by atoms with Crippen LogP contribution in [0.1, 0.15) is 50.3 Å². The number of aryl methyl sites for hydroxylation is 1. The van der Waals surface area contributed by atoms with Gasteiger partial charge < -0.3 is 4.74 Å². The van der Waals surface area contributed by atoms with Crippen molar-refractivity contribution in [3.63, 3.8) is 0 Å². The average Bonchev–Trinajstić information content (AvgIpc) is 3.16. The van der Waals surface area contributed by atoms with Gasteiger partial charge in [-0.1, -0.05) is 49.9 Å². The summed E-state index contributed by atoms with van der Waals surface area (Å²) >= 11 is 6.04. The first-order valence-electron chi connectivity index (χ1n) is 8.68. The first-order valence-corrected chi connectivity index (χ1v) is 9.06. The van der Waals surface area contributed by atoms with E-state index in [9.17, 15) is 0 Å². The molecule has 1 fully saturated rings. The maximum absolute atomic E-state index is 6.06. The minimum atomic E-state index is 0.530. The molecule has 0 N–H and O–H groups in total. The van der Waals surface area contributed by atoms with Crippen molar-refractivity contribution in [1.82, 2.24) is 9.78 Å². The second-order valence-electron chi connectivity index (χ2n) is 6.48. The van der Waals surface area contributed by atoms with Crippen molar-refractivity contribution < 1.29 is 4.74 Å². The lowest BCUT2D eigenvalue weighted by Crippen LogP contribution is -2.11. The van der Waals surface area contributed by atoms with Gasteiger partial charge in [0.1, 0.15) is 6.61 Å². The summed E-state index contributed by atoms with van der Waals surface area (Å²) in [4.78, 5) is 0. The van der Waals surface area contributed by atoms with Crippen LogP contribution in [0.3, 0.4) is 0 Å². The molecule has 0 radical (unpaired) electrons. The van der Waals surface area contributed by atoms with Gasteiger partial charge in [0, 0.05) is 17.6 Å². The minimum absolute atomic E-state index is 0.530. The van der Waals surface area contributed by atoms with E-state index in [2.05, 4.69) is 17.7 Å². The summed E-state index contributed by atoms with van der Waals surface area (Å²) in [6, 6.07) is 9.93. The summed E-state index contributed by atoms with van der Waals surface area (Å²) in [6.07, 6.45) is 7.45. The molecule has 1 aliphatic carbocycles. The molecule has 124 valence electrons. The van der Waals surface area contributed by atoms with Gasteiger partial charge in [-0.15, -0.1) is 0 Å². The van der Waals surface area contributed by atoms with E-state index >= 15 is 0 Å². The fourth-order valence-electron chi connectivity index (χ4n) is 3.30. The Balaban J connectivity index is 1.70. The highest BCUT2D eigenvalue weighted by Crippen LogP contribution is 2.28. The second kappa shape index (κ2) is 7.87. The van der Waals surface area contributed by atoms with E-state index in [1.54, 1.807) is 0 Å². The van der Waals surface area contributed by atoms with Crippen molar-refractivity contribution in [2.24, 2.45) is 5.92 Å². The quantitative estimate of drug-likeness (QED) is 0.691. The van der Waals surface area contributed by atoms with Gasteiger partial charge in [0.25, 0.3) is 0 Å². The Kier molecular flexibility index (Phi) is 5.60. The highest BCUT2D eigenvalue weighted by Gasteiger charge is 2.18. The molecular weight excluding hydrogens is 308 g/mol. The molecule has 3 rings (SSSR count). The van der Waals surface area contributed by atoms with Crippen LogP contribution in [0.25, 0.3) is 0 Å². The van der Waals surface area contributed by atoms with Crippen LogP contribution in [0.15, 0.2) is 30.3 Å². The Bertz CT molecular complexity index is 632. The van der Waals surface area contributed by atoms with Crippen LogP contribution in [-0.2, 0) is 19.6 Å². The highest BCUT2D eigenvalue weighted by atomic mass is 35.5. The van der Waals surface area contributed by atoms with E-state index in [4.69, 9.17) is 21.4 Å². The summed E-state index contributed by atoms with van der Waals surface area (Å²) in [7, 11) is 0. The van der Waals surface area contributed by atoms with Crippen molar-refractivity contribution in [2.45, 2.75) is 58.6 Å². The molecule has 1 heterocycles. The van der Waals surface area contributed by atoms with Crippen LogP contribution in [0.5, 0.6) is 5.88 Å². The number of halogens is 1. The van der Waals surface area contributed by atoms with E-state index in [0.29, 0.717) is 6.61 Å². The molecule has 1 aliphatic rings. The molecule has 0 spiro atoms. The van der Waals surface area contributed by atoms with Gasteiger partial charge in [-0.2, -0.15) is 5.10 Å². The minimum Gasteiger partial charge on any atom is -0.473 e. The van der Waals surface area contributed by atoms with Crippen LogP contribution in [-0.4, -0.2) is 9.78 Å². The van der Waals surface area contributed by atoms with Gasteiger partial charge in [-0.25, -0.2) is 4.68 Å². The molecule has 0 aliphatic heterocycles. The lowest BCUT2D eigenvalue weighted by molar-refractivity contribution is 0.261. The number of benzene rings is 1. The Morgan fingerprint density at radius 2 is 2.09 bits per heavy atom. The van der Waals surface area contributed by atoms with Gasteiger partial charge in [-0.05, 0) is 42.9 Å². The van der Waals surface area contributed by atoms with Crippen LogP contribution >= 0.6 is 11.6 Å². The van der Waals surface area contributed by atoms with Crippen molar-refractivity contribution in [3.05, 3.63) is 46.6 Å². The van der Waals surface area contributed by atoms with E-state index < -0.39 is 0 Å². The molecule has 0 atom stereocenters. The molecule has 1 saturated carbocycles. The molecule has 23 heavy (non-hydrogen) atoms. The first-order chi connectivity index (χ1) is 11.2. The summed E-state index contributed by atoms with van der Waals surface area (Å²) in [5, 5.41) is 5.51. The zero-order chi connectivity index (χ0) is 16.1. The molecule has 0 unspecified atom stereocenters. The number of nitrogens with zero attached hydrogens (tertiary/aromatic N) is 2. The SMILES string of the molecule is CCCc1cc(OCc2cccc(Cl)c2)n(CC2CCCC2)n1. The number of aromatic nitrogens is 2. The number of ether oxygens (including phenoxy) is 1. The molecule has 1 aromatic heterocycles. The van der Waals surface area contributed by atoms with E-state index in [1.807, 2.05) is 24.3 Å². The third kappa shape index (κ3) is 4.51. The molecule has 0 amide bonds. The van der Waals surface area contributed by atoms with Crippen molar-refractivity contribution in [3.8, 4) is 5.88 Å². The molecule has 0 saturated heterocycles. The number of hydrogen-bond donors (Lipinski definition) is 0. The van der Waals surface area contributed by atoms with Crippen molar-refractivity contribution >= 4 is 11.6 Å². The van der Waals surface area contributed by atoms with Crippen LogP contribution in [0.4, 0.5) is 0 Å². The van der Waals surface area contributed by atoms with E-state index in [-0.39, 0.29) is 0 Å². The van der Waals surface area contributed by atoms with E-state index in [1.165, 1.54) is 25.7 Å². The summed E-state index contributed by atoms with van der Waals surface area (Å²) < 4.78 is 8.13.